The van der Waals surface area contributed by atoms with Crippen LogP contribution in [0.5, 0.6) is 0 Å². The lowest BCUT2D eigenvalue weighted by Gasteiger charge is -2.08. The van der Waals surface area contributed by atoms with Crippen LogP contribution in [0, 0.1) is 6.92 Å². The van der Waals surface area contributed by atoms with Crippen molar-refractivity contribution in [2.24, 2.45) is 0 Å². The van der Waals surface area contributed by atoms with Gasteiger partial charge in [0.15, 0.2) is 0 Å². The van der Waals surface area contributed by atoms with Crippen LogP contribution in [0.15, 0.2) is 42.0 Å². The van der Waals surface area contributed by atoms with Crippen molar-refractivity contribution in [3.05, 3.63) is 52.5 Å². The molecule has 1 aromatic carbocycles. The molecular formula is C13H11N5OS. The van der Waals surface area contributed by atoms with E-state index in [1.807, 2.05) is 36.6 Å². The van der Waals surface area contributed by atoms with E-state index in [0.717, 1.165) is 11.3 Å². The van der Waals surface area contributed by atoms with Gasteiger partial charge in [-0.2, -0.15) is 0 Å². The third-order valence-electron chi connectivity index (χ3n) is 2.81. The fraction of sp³-hybridized carbons (Fsp3) is 0.0769. The average molecular weight is 285 g/mol. The maximum Gasteiger partial charge on any atom is 0.265 e. The minimum atomic E-state index is -0.119. The predicted molar refractivity (Wildman–Crippen MR) is 76.2 cm³/mol. The minimum Gasteiger partial charge on any atom is -0.321 e. The number of aryl methyl sites for hydroxylation is 1. The van der Waals surface area contributed by atoms with Crippen molar-refractivity contribution >= 4 is 22.9 Å². The van der Waals surface area contributed by atoms with Crippen LogP contribution >= 0.6 is 11.3 Å². The zero-order chi connectivity index (χ0) is 13.9. The number of hydrogen-bond donors (Lipinski definition) is 1. The first-order chi connectivity index (χ1) is 9.74. The molecule has 100 valence electrons. The molecule has 3 rings (SSSR count). The summed E-state index contributed by atoms with van der Waals surface area (Å²) in [6, 6.07) is 9.25. The second-order valence-corrected chi connectivity index (χ2v) is 5.13. The molecule has 0 bridgehead atoms. The van der Waals surface area contributed by atoms with E-state index in [1.54, 1.807) is 10.7 Å². The molecule has 3 aromatic rings. The number of thiophene rings is 1. The summed E-state index contributed by atoms with van der Waals surface area (Å²) in [5, 5.41) is 15.8. The highest BCUT2D eigenvalue weighted by atomic mass is 32.1. The van der Waals surface area contributed by atoms with E-state index in [-0.39, 0.29) is 5.91 Å². The Labute approximate surface area is 119 Å². The van der Waals surface area contributed by atoms with E-state index in [9.17, 15) is 4.79 Å². The van der Waals surface area contributed by atoms with E-state index in [0.29, 0.717) is 10.6 Å². The molecule has 0 spiro atoms. The molecule has 0 radical (unpaired) electrons. The van der Waals surface area contributed by atoms with Gasteiger partial charge in [0.1, 0.15) is 6.33 Å². The lowest BCUT2D eigenvalue weighted by molar-refractivity contribution is 0.103. The summed E-state index contributed by atoms with van der Waals surface area (Å²) >= 11 is 1.41. The van der Waals surface area contributed by atoms with Crippen LogP contribution in [0.25, 0.3) is 5.69 Å². The Morgan fingerprint density at radius 1 is 1.35 bits per heavy atom. The first-order valence-electron chi connectivity index (χ1n) is 5.93. The van der Waals surface area contributed by atoms with Crippen molar-refractivity contribution in [1.29, 1.82) is 0 Å². The van der Waals surface area contributed by atoms with Gasteiger partial charge in [0.25, 0.3) is 5.91 Å². The van der Waals surface area contributed by atoms with Crippen LogP contribution in [-0.2, 0) is 0 Å². The minimum absolute atomic E-state index is 0.119. The second-order valence-electron chi connectivity index (χ2n) is 4.19. The maximum absolute atomic E-state index is 12.0. The number of nitrogens with zero attached hydrogens (tertiary/aromatic N) is 4. The molecule has 20 heavy (non-hydrogen) atoms. The molecule has 7 heteroatoms. The number of benzene rings is 1. The highest BCUT2D eigenvalue weighted by Crippen LogP contribution is 2.19. The maximum atomic E-state index is 12.0. The molecular weight excluding hydrogens is 274 g/mol. The third-order valence-corrected chi connectivity index (χ3v) is 3.68. The standard InChI is InChI=1S/C13H11N5OS/c1-9-4-5-10(7-11(9)18-8-14-16-17-18)15-13(19)12-3-2-6-20-12/h2-8H,1H3,(H,15,19). The Balaban J connectivity index is 1.88. The van der Waals surface area contributed by atoms with Gasteiger partial charge in [0.2, 0.25) is 0 Å². The fourth-order valence-corrected chi connectivity index (χ4v) is 2.43. The van der Waals surface area contributed by atoms with Gasteiger partial charge < -0.3 is 5.32 Å². The SMILES string of the molecule is Cc1ccc(NC(=O)c2cccs2)cc1-n1cnnn1. The average Bonchev–Trinajstić information content (AvgIpc) is 3.14. The zero-order valence-corrected chi connectivity index (χ0v) is 11.5. The monoisotopic (exact) mass is 285 g/mol. The molecule has 0 atom stereocenters. The molecule has 0 unspecified atom stereocenters. The summed E-state index contributed by atoms with van der Waals surface area (Å²) in [7, 11) is 0. The molecule has 2 aromatic heterocycles. The largest absolute Gasteiger partial charge is 0.321 e. The van der Waals surface area contributed by atoms with Gasteiger partial charge in [-0.15, -0.1) is 16.4 Å². The number of carbonyl (C=O) groups is 1. The van der Waals surface area contributed by atoms with Crippen molar-refractivity contribution in [3.63, 3.8) is 0 Å². The van der Waals surface area contributed by atoms with Crippen molar-refractivity contribution in [2.45, 2.75) is 6.92 Å². The summed E-state index contributed by atoms with van der Waals surface area (Å²) in [5.41, 5.74) is 2.56. The number of carbonyl (C=O) groups excluding carboxylic acids is 1. The van der Waals surface area contributed by atoms with Crippen molar-refractivity contribution in [2.75, 3.05) is 5.32 Å². The van der Waals surface area contributed by atoms with Crippen molar-refractivity contribution < 1.29 is 4.79 Å². The first kappa shape index (κ1) is 12.5. The van der Waals surface area contributed by atoms with E-state index in [2.05, 4.69) is 20.8 Å². The molecule has 2 heterocycles. The molecule has 1 amide bonds. The molecule has 6 nitrogen and oxygen atoms in total. The van der Waals surface area contributed by atoms with E-state index in [1.165, 1.54) is 17.7 Å². The molecule has 0 saturated carbocycles. The van der Waals surface area contributed by atoms with Crippen molar-refractivity contribution in [1.82, 2.24) is 20.2 Å². The zero-order valence-electron chi connectivity index (χ0n) is 10.6. The molecule has 0 fully saturated rings. The number of amides is 1. The third kappa shape index (κ3) is 2.43. The quantitative estimate of drug-likeness (QED) is 0.801. The van der Waals surface area contributed by atoms with E-state index >= 15 is 0 Å². The van der Waals surface area contributed by atoms with Gasteiger partial charge in [0.05, 0.1) is 10.6 Å². The lowest BCUT2D eigenvalue weighted by Crippen LogP contribution is -2.10. The molecule has 0 aliphatic rings. The fourth-order valence-electron chi connectivity index (χ4n) is 1.81. The summed E-state index contributed by atoms with van der Waals surface area (Å²) in [4.78, 5) is 12.7. The number of tetrazole rings is 1. The second kappa shape index (κ2) is 5.22. The van der Waals surface area contributed by atoms with Gasteiger partial charge in [0, 0.05) is 5.69 Å². The highest BCUT2D eigenvalue weighted by Gasteiger charge is 2.09. The smallest absolute Gasteiger partial charge is 0.265 e. The van der Waals surface area contributed by atoms with Gasteiger partial charge >= 0.3 is 0 Å². The molecule has 0 aliphatic carbocycles. The number of anilines is 1. The summed E-state index contributed by atoms with van der Waals surface area (Å²) in [5.74, 6) is -0.119. The Kier molecular flexibility index (Phi) is 3.26. The van der Waals surface area contributed by atoms with Crippen LogP contribution in [0.2, 0.25) is 0 Å². The number of hydrogen-bond acceptors (Lipinski definition) is 5. The molecule has 0 aliphatic heterocycles. The van der Waals surface area contributed by atoms with Gasteiger partial charge in [-0.3, -0.25) is 4.79 Å². The van der Waals surface area contributed by atoms with Gasteiger partial charge in [-0.1, -0.05) is 12.1 Å². The van der Waals surface area contributed by atoms with Gasteiger partial charge in [-0.25, -0.2) is 4.68 Å². The number of aromatic nitrogens is 4. The van der Waals surface area contributed by atoms with Crippen LogP contribution in [0.3, 0.4) is 0 Å². The summed E-state index contributed by atoms with van der Waals surface area (Å²) in [6.07, 6.45) is 1.52. The lowest BCUT2D eigenvalue weighted by atomic mass is 10.2. The van der Waals surface area contributed by atoms with Crippen molar-refractivity contribution in [3.8, 4) is 5.69 Å². The molecule has 1 N–H and O–H groups in total. The number of nitrogens with one attached hydrogen (secondary N) is 1. The summed E-state index contributed by atoms with van der Waals surface area (Å²) < 4.78 is 1.57. The Hall–Kier alpha value is -2.54. The highest BCUT2D eigenvalue weighted by molar-refractivity contribution is 7.12. The van der Waals surface area contributed by atoms with Crippen LogP contribution in [0.1, 0.15) is 15.2 Å². The van der Waals surface area contributed by atoms with E-state index in [4.69, 9.17) is 0 Å². The van der Waals surface area contributed by atoms with Crippen LogP contribution in [-0.4, -0.2) is 26.1 Å². The van der Waals surface area contributed by atoms with Gasteiger partial charge in [-0.05, 0) is 46.5 Å². The van der Waals surface area contributed by atoms with Crippen LogP contribution < -0.4 is 5.32 Å². The summed E-state index contributed by atoms with van der Waals surface area (Å²) in [6.45, 7) is 1.96. The number of rotatable bonds is 3. The normalized spacial score (nSPS) is 10.4. The van der Waals surface area contributed by atoms with Crippen LogP contribution in [0.4, 0.5) is 5.69 Å². The molecule has 0 saturated heterocycles. The van der Waals surface area contributed by atoms with E-state index < -0.39 is 0 Å². The predicted octanol–water partition coefficient (Wildman–Crippen LogP) is 2.28. The Morgan fingerprint density at radius 3 is 2.95 bits per heavy atom. The first-order valence-corrected chi connectivity index (χ1v) is 6.81. The Bertz CT molecular complexity index is 721. The topological polar surface area (TPSA) is 72.7 Å². The Morgan fingerprint density at radius 2 is 2.25 bits per heavy atom.